The molecule has 1 N–H and O–H groups in total. The average molecular weight is 330 g/mol. The van der Waals surface area contributed by atoms with Crippen molar-refractivity contribution in [3.05, 3.63) is 56.5 Å². The zero-order chi connectivity index (χ0) is 16.4. The number of fused-ring (bicyclic) bond motifs is 1. The van der Waals surface area contributed by atoms with E-state index in [1.165, 1.54) is 4.57 Å². The number of aromatic nitrogens is 3. The Morgan fingerprint density at radius 3 is 2.65 bits per heavy atom. The highest BCUT2D eigenvalue weighted by Gasteiger charge is 2.16. The summed E-state index contributed by atoms with van der Waals surface area (Å²) in [5.74, 6) is -0.341. The highest BCUT2D eigenvalue weighted by atomic mass is 32.1. The maximum absolute atomic E-state index is 12.4. The third-order valence-electron chi connectivity index (χ3n) is 3.43. The smallest absolute Gasteiger partial charge is 0.325 e. The van der Waals surface area contributed by atoms with E-state index in [0.29, 0.717) is 11.2 Å². The molecule has 2 aromatic heterocycles. The van der Waals surface area contributed by atoms with Gasteiger partial charge in [0.15, 0.2) is 5.52 Å². The molecule has 0 aliphatic heterocycles. The van der Waals surface area contributed by atoms with Crippen LogP contribution in [0, 0.1) is 0 Å². The van der Waals surface area contributed by atoms with Crippen LogP contribution in [0.15, 0.2) is 45.3 Å². The zero-order valence-electron chi connectivity index (χ0n) is 12.4. The van der Waals surface area contributed by atoms with Crippen LogP contribution in [0.25, 0.3) is 11.0 Å². The fraction of sp³-hybridized carbons (Fsp3) is 0.200. The van der Waals surface area contributed by atoms with E-state index in [1.54, 1.807) is 36.6 Å². The Morgan fingerprint density at radius 1 is 1.22 bits per heavy atom. The van der Waals surface area contributed by atoms with Crippen LogP contribution >= 0.6 is 11.5 Å². The van der Waals surface area contributed by atoms with Gasteiger partial charge in [0.05, 0.1) is 5.52 Å². The number of hydrogen-bond donors (Lipinski definition) is 1. The summed E-state index contributed by atoms with van der Waals surface area (Å²) in [5.41, 5.74) is 0.317. The van der Waals surface area contributed by atoms with Gasteiger partial charge >= 0.3 is 5.69 Å². The summed E-state index contributed by atoms with van der Waals surface area (Å²) in [6.07, 6.45) is 0. The minimum absolute atomic E-state index is 0.178. The van der Waals surface area contributed by atoms with Crippen LogP contribution in [0.2, 0.25) is 0 Å². The van der Waals surface area contributed by atoms with Gasteiger partial charge in [0.25, 0.3) is 5.56 Å². The standard InChI is InChI=1S/C15H14N4O3S/c1-2-18-14(21)13-11(9-23-17-13)19(15(18)22)8-12(20)16-10-6-4-3-5-7-10/h3-7,9H,2,8H2,1H3,(H,16,20). The molecule has 2 heterocycles. The Balaban J connectivity index is 2.00. The number of nitrogens with one attached hydrogen (secondary N) is 1. The first-order chi connectivity index (χ1) is 11.1. The van der Waals surface area contributed by atoms with Crippen LogP contribution in [0.5, 0.6) is 0 Å². The van der Waals surface area contributed by atoms with Crippen molar-refractivity contribution in [2.24, 2.45) is 0 Å². The fourth-order valence-corrected chi connectivity index (χ4v) is 3.00. The van der Waals surface area contributed by atoms with E-state index in [9.17, 15) is 14.4 Å². The van der Waals surface area contributed by atoms with Crippen molar-refractivity contribution in [2.75, 3.05) is 5.32 Å². The summed E-state index contributed by atoms with van der Waals surface area (Å²) in [5, 5.41) is 4.33. The minimum Gasteiger partial charge on any atom is -0.325 e. The van der Waals surface area contributed by atoms with Gasteiger partial charge in [-0.15, -0.1) is 0 Å². The van der Waals surface area contributed by atoms with E-state index in [-0.39, 0.29) is 24.5 Å². The number of para-hydroxylation sites is 1. The molecule has 0 saturated carbocycles. The zero-order valence-corrected chi connectivity index (χ0v) is 13.2. The van der Waals surface area contributed by atoms with Crippen LogP contribution < -0.4 is 16.6 Å². The van der Waals surface area contributed by atoms with Gasteiger partial charge in [0, 0.05) is 17.6 Å². The number of carbonyl (C=O) groups excluding carboxylic acids is 1. The molecule has 1 aromatic carbocycles. The molecule has 0 aliphatic carbocycles. The molecule has 0 aliphatic rings. The van der Waals surface area contributed by atoms with Crippen molar-refractivity contribution in [1.29, 1.82) is 0 Å². The number of amides is 1. The van der Waals surface area contributed by atoms with E-state index >= 15 is 0 Å². The topological polar surface area (TPSA) is 86.0 Å². The van der Waals surface area contributed by atoms with Gasteiger partial charge in [-0.25, -0.2) is 4.79 Å². The molecular formula is C15H14N4O3S. The number of benzene rings is 1. The molecule has 3 rings (SSSR count). The van der Waals surface area contributed by atoms with Gasteiger partial charge in [-0.2, -0.15) is 4.37 Å². The molecule has 1 amide bonds. The van der Waals surface area contributed by atoms with Crippen LogP contribution in [-0.4, -0.2) is 19.4 Å². The van der Waals surface area contributed by atoms with Crippen molar-refractivity contribution in [3.8, 4) is 0 Å². The second kappa shape index (κ2) is 6.17. The quantitative estimate of drug-likeness (QED) is 0.781. The van der Waals surface area contributed by atoms with Gasteiger partial charge in [-0.05, 0) is 30.6 Å². The number of nitrogens with zero attached hydrogens (tertiary/aromatic N) is 3. The first kappa shape index (κ1) is 15.2. The molecule has 0 unspecified atom stereocenters. The van der Waals surface area contributed by atoms with E-state index in [1.807, 2.05) is 6.07 Å². The maximum Gasteiger partial charge on any atom is 0.332 e. The predicted molar refractivity (Wildman–Crippen MR) is 88.9 cm³/mol. The van der Waals surface area contributed by atoms with E-state index in [4.69, 9.17) is 0 Å². The summed E-state index contributed by atoms with van der Waals surface area (Å²) in [6, 6.07) is 8.97. The van der Waals surface area contributed by atoms with Crippen LogP contribution in [0.4, 0.5) is 5.69 Å². The summed E-state index contributed by atoms with van der Waals surface area (Å²) in [6.45, 7) is 1.75. The van der Waals surface area contributed by atoms with Crippen molar-refractivity contribution in [3.63, 3.8) is 0 Å². The Kier molecular flexibility index (Phi) is 4.07. The van der Waals surface area contributed by atoms with E-state index in [0.717, 1.165) is 16.1 Å². The number of rotatable bonds is 4. The number of carbonyl (C=O) groups is 1. The Bertz CT molecular complexity index is 972. The third kappa shape index (κ3) is 2.80. The van der Waals surface area contributed by atoms with Crippen LogP contribution in [-0.2, 0) is 17.9 Å². The summed E-state index contributed by atoms with van der Waals surface area (Å²) >= 11 is 1.09. The molecular weight excluding hydrogens is 316 g/mol. The predicted octanol–water partition coefficient (Wildman–Crippen LogP) is 1.28. The lowest BCUT2D eigenvalue weighted by Crippen LogP contribution is -2.41. The second-order valence-electron chi connectivity index (χ2n) is 4.88. The first-order valence-electron chi connectivity index (χ1n) is 7.04. The molecule has 0 atom stereocenters. The van der Waals surface area contributed by atoms with Gasteiger partial charge in [-0.3, -0.25) is 18.7 Å². The molecule has 0 bridgehead atoms. The second-order valence-corrected chi connectivity index (χ2v) is 5.51. The maximum atomic E-state index is 12.4. The van der Waals surface area contributed by atoms with Gasteiger partial charge in [0.2, 0.25) is 5.91 Å². The van der Waals surface area contributed by atoms with Crippen molar-refractivity contribution >= 4 is 34.2 Å². The lowest BCUT2D eigenvalue weighted by atomic mass is 10.3. The number of anilines is 1. The van der Waals surface area contributed by atoms with Crippen molar-refractivity contribution in [1.82, 2.24) is 13.5 Å². The van der Waals surface area contributed by atoms with Gasteiger partial charge < -0.3 is 5.32 Å². The van der Waals surface area contributed by atoms with Crippen LogP contribution in [0.3, 0.4) is 0 Å². The molecule has 0 spiro atoms. The molecule has 8 heteroatoms. The monoisotopic (exact) mass is 330 g/mol. The fourth-order valence-electron chi connectivity index (χ4n) is 2.33. The molecule has 3 aromatic rings. The van der Waals surface area contributed by atoms with Crippen molar-refractivity contribution in [2.45, 2.75) is 20.0 Å². The highest BCUT2D eigenvalue weighted by Crippen LogP contribution is 2.10. The number of hydrogen-bond acceptors (Lipinski definition) is 5. The Hall–Kier alpha value is -2.74. The first-order valence-corrected chi connectivity index (χ1v) is 7.88. The largest absolute Gasteiger partial charge is 0.332 e. The normalized spacial score (nSPS) is 10.8. The molecule has 0 saturated heterocycles. The molecule has 23 heavy (non-hydrogen) atoms. The third-order valence-corrected chi connectivity index (χ3v) is 4.04. The SMILES string of the molecule is CCn1c(=O)c2nscc2n(CC(=O)Nc2ccccc2)c1=O. The lowest BCUT2D eigenvalue weighted by Gasteiger charge is -2.10. The van der Waals surface area contributed by atoms with Gasteiger partial charge in [-0.1, -0.05) is 18.2 Å². The Morgan fingerprint density at radius 2 is 1.96 bits per heavy atom. The molecule has 118 valence electrons. The van der Waals surface area contributed by atoms with E-state index in [2.05, 4.69) is 9.69 Å². The highest BCUT2D eigenvalue weighted by molar-refractivity contribution is 7.04. The molecule has 0 fully saturated rings. The minimum atomic E-state index is -0.506. The summed E-state index contributed by atoms with van der Waals surface area (Å²) < 4.78 is 6.40. The lowest BCUT2D eigenvalue weighted by molar-refractivity contribution is -0.116. The average Bonchev–Trinajstić information content (AvgIpc) is 3.03. The van der Waals surface area contributed by atoms with E-state index < -0.39 is 11.2 Å². The molecule has 7 nitrogen and oxygen atoms in total. The summed E-state index contributed by atoms with van der Waals surface area (Å²) in [4.78, 5) is 36.8. The summed E-state index contributed by atoms with van der Waals surface area (Å²) in [7, 11) is 0. The molecule has 0 radical (unpaired) electrons. The van der Waals surface area contributed by atoms with Gasteiger partial charge in [0.1, 0.15) is 6.54 Å². The Labute approximate surface area is 135 Å². The van der Waals surface area contributed by atoms with Crippen LogP contribution in [0.1, 0.15) is 6.92 Å². The van der Waals surface area contributed by atoms with Crippen molar-refractivity contribution < 1.29 is 4.79 Å².